The highest BCUT2D eigenvalue weighted by molar-refractivity contribution is 5.97. The monoisotopic (exact) mass is 419 g/mol. The number of primary amides is 1. The lowest BCUT2D eigenvalue weighted by atomic mass is 10.0. The number of nitrogen functional groups attached to an aromatic ring is 1. The highest BCUT2D eigenvalue weighted by atomic mass is 19.4. The zero-order chi connectivity index (χ0) is 21.6. The number of likely N-dealkylation sites (tertiary alicyclic amines) is 1. The predicted octanol–water partition coefficient (Wildman–Crippen LogP) is 2.09. The summed E-state index contributed by atoms with van der Waals surface area (Å²) in [6, 6.07) is 2.79. The lowest BCUT2D eigenvalue weighted by molar-refractivity contribution is -0.137. The van der Waals surface area contributed by atoms with E-state index in [1.807, 2.05) is 0 Å². The molecule has 1 aliphatic heterocycles. The fraction of sp³-hybridized carbons (Fsp3) is 0.222. The molecule has 0 bridgehead atoms. The molecule has 1 atom stereocenters. The van der Waals surface area contributed by atoms with E-state index in [-0.39, 0.29) is 11.4 Å². The Balaban J connectivity index is 1.59. The van der Waals surface area contributed by atoms with Gasteiger partial charge in [0.25, 0.3) is 0 Å². The van der Waals surface area contributed by atoms with E-state index >= 15 is 0 Å². The molecule has 1 unspecified atom stereocenters. The number of nitrogens with two attached hydrogens (primary N) is 2. The topological polar surface area (TPSA) is 132 Å². The second kappa shape index (κ2) is 6.90. The first-order valence-corrected chi connectivity index (χ1v) is 8.82. The number of aromatic nitrogens is 3. The molecule has 156 valence electrons. The first-order valence-electron chi connectivity index (χ1n) is 8.82. The lowest BCUT2D eigenvalue weighted by Crippen LogP contribution is -2.58. The molecule has 4 rings (SSSR count). The van der Waals surface area contributed by atoms with E-state index in [0.29, 0.717) is 24.2 Å². The second-order valence-electron chi connectivity index (χ2n) is 6.79. The summed E-state index contributed by atoms with van der Waals surface area (Å²) in [6.07, 6.45) is 0.201. The molecule has 1 fully saturated rings. The van der Waals surface area contributed by atoms with Crippen molar-refractivity contribution in [1.82, 2.24) is 19.3 Å². The Morgan fingerprint density at radius 1 is 1.20 bits per heavy atom. The van der Waals surface area contributed by atoms with Gasteiger partial charge in [0.05, 0.1) is 11.8 Å². The number of nitrogens with zero attached hydrogens (tertiary/aromatic N) is 4. The van der Waals surface area contributed by atoms with Gasteiger partial charge in [-0.25, -0.2) is 14.8 Å². The van der Waals surface area contributed by atoms with Crippen LogP contribution in [0.5, 0.6) is 0 Å². The number of hydrogen-bond acceptors (Lipinski definition) is 5. The van der Waals surface area contributed by atoms with Crippen molar-refractivity contribution in [1.29, 1.82) is 0 Å². The Bertz CT molecular complexity index is 1160. The van der Waals surface area contributed by atoms with Crippen molar-refractivity contribution < 1.29 is 22.8 Å². The van der Waals surface area contributed by atoms with Gasteiger partial charge >= 0.3 is 12.2 Å². The van der Waals surface area contributed by atoms with Gasteiger partial charge in [0.15, 0.2) is 5.82 Å². The summed E-state index contributed by atoms with van der Waals surface area (Å²) >= 11 is 0. The third-order valence-corrected chi connectivity index (χ3v) is 4.86. The number of carbonyl (C=O) groups is 2. The number of fused-ring (bicyclic) bond motifs is 1. The molecule has 3 amide bonds. The fourth-order valence-electron chi connectivity index (χ4n) is 3.22. The molecule has 0 aromatic carbocycles. The van der Waals surface area contributed by atoms with Gasteiger partial charge in [-0.3, -0.25) is 4.79 Å². The Morgan fingerprint density at radius 2 is 1.97 bits per heavy atom. The van der Waals surface area contributed by atoms with E-state index in [4.69, 9.17) is 11.5 Å². The minimum Gasteiger partial charge on any atom is -0.383 e. The minimum absolute atomic E-state index is 0.226. The van der Waals surface area contributed by atoms with Gasteiger partial charge in [-0.2, -0.15) is 13.2 Å². The maximum absolute atomic E-state index is 13.1. The highest BCUT2D eigenvalue weighted by Crippen LogP contribution is 2.35. The van der Waals surface area contributed by atoms with Gasteiger partial charge in [0.2, 0.25) is 5.91 Å². The van der Waals surface area contributed by atoms with Gasteiger partial charge in [-0.15, -0.1) is 0 Å². The van der Waals surface area contributed by atoms with Crippen LogP contribution in [-0.2, 0) is 11.0 Å². The maximum atomic E-state index is 13.1. The van der Waals surface area contributed by atoms with Crippen LogP contribution in [0.25, 0.3) is 16.8 Å². The number of hydrogen-bond donors (Lipinski definition) is 3. The molecule has 9 nitrogen and oxygen atoms in total. The summed E-state index contributed by atoms with van der Waals surface area (Å²) in [5, 5.41) is 2.62. The zero-order valence-corrected chi connectivity index (χ0v) is 15.3. The van der Waals surface area contributed by atoms with Gasteiger partial charge in [-0.05, 0) is 24.6 Å². The van der Waals surface area contributed by atoms with E-state index in [2.05, 4.69) is 15.3 Å². The molecular weight excluding hydrogens is 403 g/mol. The van der Waals surface area contributed by atoms with Crippen LogP contribution in [0.1, 0.15) is 12.0 Å². The van der Waals surface area contributed by atoms with Crippen LogP contribution < -0.4 is 16.8 Å². The highest BCUT2D eigenvalue weighted by Gasteiger charge is 2.37. The van der Waals surface area contributed by atoms with Crippen LogP contribution in [0, 0.1) is 0 Å². The average Bonchev–Trinajstić information content (AvgIpc) is 3.00. The van der Waals surface area contributed by atoms with Crippen LogP contribution in [0.15, 0.2) is 36.8 Å². The van der Waals surface area contributed by atoms with E-state index in [0.717, 1.165) is 6.07 Å². The first kappa shape index (κ1) is 19.5. The fourth-order valence-corrected chi connectivity index (χ4v) is 3.22. The lowest BCUT2D eigenvalue weighted by Gasteiger charge is -2.37. The molecule has 0 aliphatic carbocycles. The number of nitrogens with one attached hydrogen (secondary N) is 1. The van der Waals surface area contributed by atoms with Crippen molar-refractivity contribution in [2.75, 3.05) is 17.6 Å². The summed E-state index contributed by atoms with van der Waals surface area (Å²) in [7, 11) is 0. The number of carbonyl (C=O) groups excluding carboxylic acids is 2. The number of rotatable bonds is 3. The molecule has 12 heteroatoms. The van der Waals surface area contributed by atoms with Crippen molar-refractivity contribution >= 4 is 29.2 Å². The summed E-state index contributed by atoms with van der Waals surface area (Å²) in [5.41, 5.74) is 10.7. The van der Waals surface area contributed by atoms with Gasteiger partial charge in [0.1, 0.15) is 17.5 Å². The number of urea groups is 1. The number of anilines is 2. The van der Waals surface area contributed by atoms with Crippen LogP contribution in [-0.4, -0.2) is 43.8 Å². The summed E-state index contributed by atoms with van der Waals surface area (Å²) in [4.78, 5) is 32.7. The normalized spacial score (nSPS) is 16.4. The molecule has 3 aromatic rings. The Kier molecular flexibility index (Phi) is 4.48. The van der Waals surface area contributed by atoms with E-state index in [9.17, 15) is 22.8 Å². The number of halogens is 3. The summed E-state index contributed by atoms with van der Waals surface area (Å²) < 4.78 is 40.8. The van der Waals surface area contributed by atoms with Crippen molar-refractivity contribution in [3.05, 3.63) is 42.4 Å². The van der Waals surface area contributed by atoms with E-state index < -0.39 is 35.5 Å². The molecule has 0 saturated carbocycles. The molecule has 1 saturated heterocycles. The largest absolute Gasteiger partial charge is 0.419 e. The van der Waals surface area contributed by atoms with Crippen LogP contribution in [0.2, 0.25) is 0 Å². The quantitative estimate of drug-likeness (QED) is 0.598. The molecule has 3 aromatic heterocycles. The molecule has 30 heavy (non-hydrogen) atoms. The van der Waals surface area contributed by atoms with E-state index in [1.165, 1.54) is 17.3 Å². The third kappa shape index (κ3) is 3.47. The van der Waals surface area contributed by atoms with Gasteiger partial charge in [0, 0.05) is 30.1 Å². The van der Waals surface area contributed by atoms with Crippen molar-refractivity contribution in [2.45, 2.75) is 18.6 Å². The number of alkyl halides is 3. The Morgan fingerprint density at radius 3 is 2.60 bits per heavy atom. The van der Waals surface area contributed by atoms with Crippen molar-refractivity contribution in [3.8, 4) is 11.1 Å². The third-order valence-electron chi connectivity index (χ3n) is 4.86. The van der Waals surface area contributed by atoms with Gasteiger partial charge < -0.3 is 26.1 Å². The molecule has 1 aliphatic rings. The van der Waals surface area contributed by atoms with Crippen LogP contribution in [0.3, 0.4) is 0 Å². The zero-order valence-electron chi connectivity index (χ0n) is 15.3. The predicted molar refractivity (Wildman–Crippen MR) is 101 cm³/mol. The smallest absolute Gasteiger partial charge is 0.383 e. The standard InChI is InChI=1S/C18H16F3N7O2/c19-18(20,21)11-5-10(6-24-15(11)22)9-1-2-14-25-13(8-27(14)7-9)26-16(29)12-3-4-28(12)17(23)30/h1-2,5-8,12H,3-4H2,(H2,22,24)(H2,23,30)(H,26,29). The molecule has 0 spiro atoms. The van der Waals surface area contributed by atoms with Crippen molar-refractivity contribution in [3.63, 3.8) is 0 Å². The molecular formula is C18H16F3N7O2. The molecule has 0 radical (unpaired) electrons. The number of amides is 3. The van der Waals surface area contributed by atoms with Crippen LogP contribution in [0.4, 0.5) is 29.6 Å². The minimum atomic E-state index is -4.62. The number of pyridine rings is 2. The van der Waals surface area contributed by atoms with Crippen molar-refractivity contribution in [2.24, 2.45) is 5.73 Å². The first-order chi connectivity index (χ1) is 14.1. The molecule has 5 N–H and O–H groups in total. The van der Waals surface area contributed by atoms with Gasteiger partial charge in [-0.1, -0.05) is 0 Å². The SMILES string of the molecule is NC(=O)N1CCC1C(=O)Nc1cn2cc(-c3cnc(N)c(C(F)(F)F)c3)ccc2n1. The Labute approximate surface area is 167 Å². The maximum Gasteiger partial charge on any atom is 0.419 e. The molecule has 4 heterocycles. The van der Waals surface area contributed by atoms with Crippen LogP contribution >= 0.6 is 0 Å². The van der Waals surface area contributed by atoms with E-state index in [1.54, 1.807) is 22.7 Å². The Hall–Kier alpha value is -3.83. The number of imidazole rings is 1. The second-order valence-corrected chi connectivity index (χ2v) is 6.79. The average molecular weight is 419 g/mol. The summed E-state index contributed by atoms with van der Waals surface area (Å²) in [5.74, 6) is -0.776. The summed E-state index contributed by atoms with van der Waals surface area (Å²) in [6.45, 7) is 0.414.